The standard InChI is InChI=1S/C23H23F3N2O2/c24-17-12-19(25)18(20(26)13-17)14-22(30)27-10-8-23(9-11-27)7-6-21(29)28(23)15-16-4-2-1-3-5-16/h1-5,12-13H,6-11,14-15H2. The first kappa shape index (κ1) is 20.4. The lowest BCUT2D eigenvalue weighted by atomic mass is 9.84. The number of hydrogen-bond acceptors (Lipinski definition) is 2. The van der Waals surface area contributed by atoms with Gasteiger partial charge in [-0.1, -0.05) is 30.3 Å². The van der Waals surface area contributed by atoms with Crippen molar-refractivity contribution < 1.29 is 22.8 Å². The first-order valence-corrected chi connectivity index (χ1v) is 10.1. The first-order chi connectivity index (χ1) is 14.4. The van der Waals surface area contributed by atoms with Gasteiger partial charge < -0.3 is 9.80 Å². The van der Waals surface area contributed by atoms with Gasteiger partial charge in [0.1, 0.15) is 17.5 Å². The molecule has 0 bridgehead atoms. The second-order valence-corrected chi connectivity index (χ2v) is 8.10. The van der Waals surface area contributed by atoms with Crippen LogP contribution in [-0.4, -0.2) is 40.2 Å². The van der Waals surface area contributed by atoms with Crippen molar-refractivity contribution in [1.82, 2.24) is 9.80 Å². The Hall–Kier alpha value is -2.83. The van der Waals surface area contributed by atoms with Crippen LogP contribution in [0.5, 0.6) is 0 Å². The number of benzene rings is 2. The van der Waals surface area contributed by atoms with Crippen molar-refractivity contribution in [3.8, 4) is 0 Å². The summed E-state index contributed by atoms with van der Waals surface area (Å²) in [5.74, 6) is -3.39. The fourth-order valence-corrected chi connectivity index (χ4v) is 4.59. The number of rotatable bonds is 4. The van der Waals surface area contributed by atoms with Crippen molar-refractivity contribution in [2.75, 3.05) is 13.1 Å². The molecule has 2 aliphatic rings. The minimum Gasteiger partial charge on any atom is -0.342 e. The predicted octanol–water partition coefficient (Wildman–Crippen LogP) is 3.83. The van der Waals surface area contributed by atoms with E-state index in [-0.39, 0.29) is 11.4 Å². The molecule has 2 aromatic carbocycles. The molecule has 7 heteroatoms. The Morgan fingerprint density at radius 2 is 1.60 bits per heavy atom. The maximum Gasteiger partial charge on any atom is 0.227 e. The summed E-state index contributed by atoms with van der Waals surface area (Å²) in [5, 5.41) is 0. The molecule has 2 aliphatic heterocycles. The number of halogens is 3. The average molecular weight is 416 g/mol. The lowest BCUT2D eigenvalue weighted by molar-refractivity contribution is -0.136. The van der Waals surface area contributed by atoms with E-state index in [0.29, 0.717) is 51.0 Å². The third-order valence-electron chi connectivity index (χ3n) is 6.34. The Balaban J connectivity index is 1.42. The molecule has 0 N–H and O–H groups in total. The third kappa shape index (κ3) is 3.93. The highest BCUT2D eigenvalue weighted by Crippen LogP contribution is 2.40. The summed E-state index contributed by atoms with van der Waals surface area (Å²) < 4.78 is 40.9. The number of carbonyl (C=O) groups is 2. The van der Waals surface area contributed by atoms with Gasteiger partial charge in [-0.2, -0.15) is 0 Å². The van der Waals surface area contributed by atoms with Crippen molar-refractivity contribution in [3.63, 3.8) is 0 Å². The van der Waals surface area contributed by atoms with Gasteiger partial charge in [-0.3, -0.25) is 9.59 Å². The Labute approximate surface area is 173 Å². The molecule has 2 heterocycles. The van der Waals surface area contributed by atoms with Crippen LogP contribution in [0.15, 0.2) is 42.5 Å². The molecular formula is C23H23F3N2O2. The lowest BCUT2D eigenvalue weighted by Gasteiger charge is -2.45. The molecule has 30 heavy (non-hydrogen) atoms. The molecule has 0 saturated carbocycles. The maximum atomic E-state index is 13.9. The highest BCUT2D eigenvalue weighted by Gasteiger charge is 2.47. The van der Waals surface area contributed by atoms with Gasteiger partial charge in [-0.15, -0.1) is 0 Å². The van der Waals surface area contributed by atoms with Gasteiger partial charge in [0.25, 0.3) is 0 Å². The zero-order valence-electron chi connectivity index (χ0n) is 16.5. The Kier molecular flexibility index (Phi) is 5.54. The normalized spacial score (nSPS) is 18.3. The van der Waals surface area contributed by atoms with Gasteiger partial charge in [0.15, 0.2) is 0 Å². The minimum atomic E-state index is -1.05. The molecule has 1 spiro atoms. The summed E-state index contributed by atoms with van der Waals surface area (Å²) >= 11 is 0. The van der Waals surface area contributed by atoms with Crippen LogP contribution >= 0.6 is 0 Å². The molecule has 0 unspecified atom stereocenters. The van der Waals surface area contributed by atoms with E-state index in [0.717, 1.165) is 12.0 Å². The molecule has 4 nitrogen and oxygen atoms in total. The molecule has 0 radical (unpaired) electrons. The highest BCUT2D eigenvalue weighted by molar-refractivity contribution is 5.81. The van der Waals surface area contributed by atoms with Gasteiger partial charge in [-0.05, 0) is 24.8 Å². The van der Waals surface area contributed by atoms with Crippen LogP contribution in [0.25, 0.3) is 0 Å². The lowest BCUT2D eigenvalue weighted by Crippen LogP contribution is -2.54. The summed E-state index contributed by atoms with van der Waals surface area (Å²) in [6, 6.07) is 11.0. The monoisotopic (exact) mass is 416 g/mol. The summed E-state index contributed by atoms with van der Waals surface area (Å²) in [6.45, 7) is 1.38. The molecule has 2 saturated heterocycles. The van der Waals surface area contributed by atoms with Crippen LogP contribution in [0, 0.1) is 17.5 Å². The van der Waals surface area contributed by atoms with Crippen LogP contribution in [0.1, 0.15) is 36.8 Å². The minimum absolute atomic E-state index is 0.120. The summed E-state index contributed by atoms with van der Waals surface area (Å²) in [7, 11) is 0. The number of likely N-dealkylation sites (tertiary alicyclic amines) is 2. The summed E-state index contributed by atoms with van der Waals surface area (Å²) in [4.78, 5) is 28.7. The van der Waals surface area contributed by atoms with Crippen LogP contribution < -0.4 is 0 Å². The number of nitrogens with zero attached hydrogens (tertiary/aromatic N) is 2. The second-order valence-electron chi connectivity index (χ2n) is 8.10. The van der Waals surface area contributed by atoms with Crippen LogP contribution in [0.2, 0.25) is 0 Å². The van der Waals surface area contributed by atoms with Gasteiger partial charge in [0.2, 0.25) is 11.8 Å². The van der Waals surface area contributed by atoms with Crippen molar-refractivity contribution in [3.05, 3.63) is 71.0 Å². The Bertz CT molecular complexity index is 933. The Morgan fingerprint density at radius 3 is 2.23 bits per heavy atom. The van der Waals surface area contributed by atoms with E-state index in [1.165, 1.54) is 0 Å². The molecular weight excluding hydrogens is 393 g/mol. The van der Waals surface area contributed by atoms with E-state index in [1.807, 2.05) is 35.2 Å². The fraction of sp³-hybridized carbons (Fsp3) is 0.391. The smallest absolute Gasteiger partial charge is 0.227 e. The van der Waals surface area contributed by atoms with Crippen molar-refractivity contribution in [1.29, 1.82) is 0 Å². The number of carbonyl (C=O) groups excluding carboxylic acids is 2. The van der Waals surface area contributed by atoms with Crippen LogP contribution in [-0.2, 0) is 22.6 Å². The van der Waals surface area contributed by atoms with E-state index in [4.69, 9.17) is 0 Å². The molecule has 0 aromatic heterocycles. The summed E-state index contributed by atoms with van der Waals surface area (Å²) in [5.41, 5.74) is 0.368. The van der Waals surface area contributed by atoms with Gasteiger partial charge in [-0.25, -0.2) is 13.2 Å². The molecule has 2 aromatic rings. The van der Waals surface area contributed by atoms with E-state index in [1.54, 1.807) is 4.90 Å². The van der Waals surface area contributed by atoms with Crippen LogP contribution in [0.3, 0.4) is 0 Å². The Morgan fingerprint density at radius 1 is 0.967 bits per heavy atom. The molecule has 4 rings (SSSR count). The van der Waals surface area contributed by atoms with E-state index < -0.39 is 35.3 Å². The third-order valence-corrected chi connectivity index (χ3v) is 6.34. The molecule has 0 aliphatic carbocycles. The van der Waals surface area contributed by atoms with Crippen LogP contribution in [0.4, 0.5) is 13.2 Å². The maximum absolute atomic E-state index is 13.9. The topological polar surface area (TPSA) is 40.6 Å². The number of amides is 2. The summed E-state index contributed by atoms with van der Waals surface area (Å²) in [6.07, 6.45) is 2.06. The van der Waals surface area contributed by atoms with Gasteiger partial charge in [0.05, 0.1) is 6.42 Å². The number of piperidine rings is 1. The van der Waals surface area contributed by atoms with Gasteiger partial charge in [0, 0.05) is 49.3 Å². The zero-order chi connectivity index (χ0) is 21.3. The average Bonchev–Trinajstić information content (AvgIpc) is 3.01. The van der Waals surface area contributed by atoms with Crippen molar-refractivity contribution in [2.45, 2.75) is 44.2 Å². The second kappa shape index (κ2) is 8.13. The first-order valence-electron chi connectivity index (χ1n) is 10.1. The zero-order valence-corrected chi connectivity index (χ0v) is 16.5. The van der Waals surface area contributed by atoms with Crippen molar-refractivity contribution >= 4 is 11.8 Å². The quantitative estimate of drug-likeness (QED) is 0.760. The van der Waals surface area contributed by atoms with Gasteiger partial charge >= 0.3 is 0 Å². The van der Waals surface area contributed by atoms with E-state index in [9.17, 15) is 22.8 Å². The molecule has 0 atom stereocenters. The number of hydrogen-bond donors (Lipinski definition) is 0. The largest absolute Gasteiger partial charge is 0.342 e. The molecule has 158 valence electrons. The molecule has 2 amide bonds. The molecule has 2 fully saturated rings. The van der Waals surface area contributed by atoms with E-state index >= 15 is 0 Å². The predicted molar refractivity (Wildman–Crippen MR) is 105 cm³/mol. The van der Waals surface area contributed by atoms with E-state index in [2.05, 4.69) is 0 Å². The highest BCUT2D eigenvalue weighted by atomic mass is 19.1. The SMILES string of the molecule is O=C(Cc1c(F)cc(F)cc1F)N1CCC2(CCC(=O)N2Cc2ccccc2)CC1. The van der Waals surface area contributed by atoms with Crippen molar-refractivity contribution in [2.24, 2.45) is 0 Å². The fourth-order valence-electron chi connectivity index (χ4n) is 4.59.